The number of halogens is 2. The van der Waals surface area contributed by atoms with Gasteiger partial charge >= 0.3 is 0 Å². The molecule has 1 atom stereocenters. The molecule has 0 aliphatic carbocycles. The lowest BCUT2D eigenvalue weighted by molar-refractivity contribution is -0.133. The minimum atomic E-state index is -3.91. The van der Waals surface area contributed by atoms with Crippen LogP contribution in [0.1, 0.15) is 0 Å². The molecule has 0 saturated carbocycles. The van der Waals surface area contributed by atoms with E-state index >= 15 is 0 Å². The number of hydroxylamine groups is 1. The predicted molar refractivity (Wildman–Crippen MR) is 106 cm³/mol. The Kier molecular flexibility index (Phi) is 7.64. The van der Waals surface area contributed by atoms with Crippen molar-refractivity contribution in [2.24, 2.45) is 0 Å². The van der Waals surface area contributed by atoms with E-state index in [2.05, 4.69) is 5.32 Å². The van der Waals surface area contributed by atoms with Gasteiger partial charge in [-0.15, -0.1) is 12.4 Å². The van der Waals surface area contributed by atoms with E-state index in [1.807, 2.05) is 0 Å². The van der Waals surface area contributed by atoms with Gasteiger partial charge in [-0.25, -0.2) is 13.9 Å². The highest BCUT2D eigenvalue weighted by atomic mass is 35.5. The summed E-state index contributed by atoms with van der Waals surface area (Å²) in [7, 11) is -3.91. The van der Waals surface area contributed by atoms with Gasteiger partial charge in [-0.3, -0.25) is 10.0 Å². The van der Waals surface area contributed by atoms with Crippen LogP contribution in [0.4, 0.5) is 0 Å². The van der Waals surface area contributed by atoms with Gasteiger partial charge in [0.25, 0.3) is 5.91 Å². The Morgan fingerprint density at radius 1 is 1.14 bits per heavy atom. The van der Waals surface area contributed by atoms with E-state index in [0.29, 0.717) is 23.1 Å². The molecule has 0 bridgehead atoms. The van der Waals surface area contributed by atoms with Crippen LogP contribution < -0.4 is 15.5 Å². The highest BCUT2D eigenvalue weighted by Gasteiger charge is 2.37. The van der Waals surface area contributed by atoms with Crippen molar-refractivity contribution >= 4 is 39.9 Å². The molecule has 1 saturated heterocycles. The Morgan fingerprint density at radius 2 is 1.71 bits per heavy atom. The van der Waals surface area contributed by atoms with Gasteiger partial charge in [-0.05, 0) is 48.5 Å². The molecular weight excluding hydrogens is 429 g/mol. The first-order valence-electron chi connectivity index (χ1n) is 8.12. The van der Waals surface area contributed by atoms with Crippen molar-refractivity contribution in [2.75, 3.05) is 19.6 Å². The zero-order valence-electron chi connectivity index (χ0n) is 14.5. The molecule has 152 valence electrons. The topological polar surface area (TPSA) is 108 Å². The molecule has 1 aliphatic heterocycles. The van der Waals surface area contributed by atoms with E-state index in [-0.39, 0.29) is 30.4 Å². The molecule has 3 N–H and O–H groups in total. The zero-order valence-corrected chi connectivity index (χ0v) is 16.9. The van der Waals surface area contributed by atoms with Crippen LogP contribution in [-0.2, 0) is 14.8 Å². The number of hydrogen-bond donors (Lipinski definition) is 3. The summed E-state index contributed by atoms with van der Waals surface area (Å²) in [4.78, 5) is 11.8. The second-order valence-corrected chi connectivity index (χ2v) is 8.17. The van der Waals surface area contributed by atoms with Crippen molar-refractivity contribution in [1.82, 2.24) is 15.1 Å². The highest BCUT2D eigenvalue weighted by molar-refractivity contribution is 7.89. The van der Waals surface area contributed by atoms with Gasteiger partial charge in [0.15, 0.2) is 0 Å². The SMILES string of the molecule is Cl.O=C(NO)C1CNCCN1S(=O)(=O)c1ccc(Oc2ccc(Cl)cc2)cc1. The zero-order chi connectivity index (χ0) is 19.4. The number of hydrogen-bond acceptors (Lipinski definition) is 6. The molecule has 0 spiro atoms. The molecule has 0 radical (unpaired) electrons. The summed E-state index contributed by atoms with van der Waals surface area (Å²) < 4.78 is 32.5. The highest BCUT2D eigenvalue weighted by Crippen LogP contribution is 2.26. The number of benzene rings is 2. The van der Waals surface area contributed by atoms with E-state index in [1.54, 1.807) is 24.3 Å². The largest absolute Gasteiger partial charge is 0.457 e. The molecule has 2 aromatic rings. The number of sulfonamides is 1. The third-order valence-electron chi connectivity index (χ3n) is 4.09. The van der Waals surface area contributed by atoms with Crippen molar-refractivity contribution in [3.63, 3.8) is 0 Å². The molecule has 1 aliphatic rings. The fourth-order valence-corrected chi connectivity index (χ4v) is 4.44. The molecule has 2 aromatic carbocycles. The van der Waals surface area contributed by atoms with Gasteiger partial charge < -0.3 is 10.1 Å². The summed E-state index contributed by atoms with van der Waals surface area (Å²) in [6.07, 6.45) is 0. The Morgan fingerprint density at radius 3 is 2.29 bits per heavy atom. The first-order valence-corrected chi connectivity index (χ1v) is 9.93. The summed E-state index contributed by atoms with van der Waals surface area (Å²) in [5.41, 5.74) is 1.51. The molecule has 1 unspecified atom stereocenters. The predicted octanol–water partition coefficient (Wildman–Crippen LogP) is 2.02. The average molecular weight is 448 g/mol. The van der Waals surface area contributed by atoms with Gasteiger partial charge in [0, 0.05) is 24.7 Å². The van der Waals surface area contributed by atoms with E-state index in [1.165, 1.54) is 29.7 Å². The summed E-state index contributed by atoms with van der Waals surface area (Å²) >= 11 is 5.83. The van der Waals surface area contributed by atoms with E-state index in [4.69, 9.17) is 21.5 Å². The van der Waals surface area contributed by atoms with Crippen molar-refractivity contribution in [2.45, 2.75) is 10.9 Å². The Labute approximate surface area is 173 Å². The number of piperazine rings is 1. The second kappa shape index (κ2) is 9.55. The molecule has 28 heavy (non-hydrogen) atoms. The molecule has 8 nitrogen and oxygen atoms in total. The third-order valence-corrected chi connectivity index (χ3v) is 6.26. The maximum Gasteiger partial charge on any atom is 0.263 e. The standard InChI is InChI=1S/C17H18ClN3O5S.ClH/c18-12-1-3-13(4-2-12)26-14-5-7-15(8-6-14)27(24,25)21-10-9-19-11-16(21)17(22)20-23;/h1-8,16,19,23H,9-11H2,(H,20,22);1H. The summed E-state index contributed by atoms with van der Waals surface area (Å²) in [6, 6.07) is 11.6. The quantitative estimate of drug-likeness (QED) is 0.477. The second-order valence-electron chi connectivity index (χ2n) is 5.84. The smallest absolute Gasteiger partial charge is 0.263 e. The Bertz CT molecular complexity index is 907. The molecule has 1 heterocycles. The van der Waals surface area contributed by atoms with Crippen LogP contribution >= 0.6 is 24.0 Å². The van der Waals surface area contributed by atoms with Gasteiger partial charge in [-0.2, -0.15) is 4.31 Å². The van der Waals surface area contributed by atoms with Crippen LogP contribution in [0.3, 0.4) is 0 Å². The molecular formula is C17H19Cl2N3O5S. The number of ether oxygens (including phenoxy) is 1. The van der Waals surface area contributed by atoms with Crippen LogP contribution in [0, 0.1) is 0 Å². The van der Waals surface area contributed by atoms with Crippen molar-refractivity contribution in [3.8, 4) is 11.5 Å². The first-order chi connectivity index (χ1) is 12.9. The van der Waals surface area contributed by atoms with Crippen molar-refractivity contribution in [1.29, 1.82) is 0 Å². The first kappa shape index (κ1) is 22.4. The van der Waals surface area contributed by atoms with E-state index in [9.17, 15) is 13.2 Å². The minimum Gasteiger partial charge on any atom is -0.457 e. The maximum atomic E-state index is 12.9. The molecule has 1 amide bonds. The van der Waals surface area contributed by atoms with Crippen molar-refractivity contribution < 1.29 is 23.2 Å². The van der Waals surface area contributed by atoms with Crippen LogP contribution in [0.5, 0.6) is 11.5 Å². The molecule has 3 rings (SSSR count). The van der Waals surface area contributed by atoms with Gasteiger partial charge in [-0.1, -0.05) is 11.6 Å². The number of nitrogens with one attached hydrogen (secondary N) is 2. The van der Waals surface area contributed by atoms with Gasteiger partial charge in [0.1, 0.15) is 17.5 Å². The Hall–Kier alpha value is -1.88. The number of rotatable bonds is 5. The lowest BCUT2D eigenvalue weighted by Gasteiger charge is -2.33. The van der Waals surface area contributed by atoms with E-state index in [0.717, 1.165) is 4.31 Å². The lowest BCUT2D eigenvalue weighted by Crippen LogP contribution is -2.59. The van der Waals surface area contributed by atoms with Crippen LogP contribution in [-0.4, -0.2) is 49.5 Å². The van der Waals surface area contributed by atoms with E-state index < -0.39 is 22.0 Å². The lowest BCUT2D eigenvalue weighted by atomic mass is 10.2. The van der Waals surface area contributed by atoms with Crippen LogP contribution in [0.25, 0.3) is 0 Å². The number of amides is 1. The van der Waals surface area contributed by atoms with Crippen LogP contribution in [0.2, 0.25) is 5.02 Å². The summed E-state index contributed by atoms with van der Waals surface area (Å²) in [5.74, 6) is 0.242. The minimum absolute atomic E-state index is 0. The monoisotopic (exact) mass is 447 g/mol. The fraction of sp³-hybridized carbons (Fsp3) is 0.235. The number of carbonyl (C=O) groups excluding carboxylic acids is 1. The number of carbonyl (C=O) groups is 1. The summed E-state index contributed by atoms with van der Waals surface area (Å²) in [6.45, 7) is 0.638. The number of nitrogens with zero attached hydrogens (tertiary/aromatic N) is 1. The summed E-state index contributed by atoms with van der Waals surface area (Å²) in [5, 5.41) is 12.4. The van der Waals surface area contributed by atoms with Crippen molar-refractivity contribution in [3.05, 3.63) is 53.6 Å². The van der Waals surface area contributed by atoms with Gasteiger partial charge in [0.05, 0.1) is 4.90 Å². The third kappa shape index (κ3) is 4.93. The maximum absolute atomic E-state index is 12.9. The fourth-order valence-electron chi connectivity index (χ4n) is 2.73. The van der Waals surface area contributed by atoms with Crippen LogP contribution in [0.15, 0.2) is 53.4 Å². The normalized spacial score (nSPS) is 17.4. The Balaban J connectivity index is 0.00000280. The molecule has 11 heteroatoms. The molecule has 0 aromatic heterocycles. The van der Waals surface area contributed by atoms with Gasteiger partial charge in [0.2, 0.25) is 10.0 Å². The molecule has 1 fully saturated rings. The average Bonchev–Trinajstić information content (AvgIpc) is 2.69.